The van der Waals surface area contributed by atoms with Gasteiger partial charge in [-0.05, 0) is 18.4 Å². The van der Waals surface area contributed by atoms with Crippen molar-refractivity contribution < 1.29 is 27.1 Å². The van der Waals surface area contributed by atoms with Crippen LogP contribution >= 0.6 is 11.3 Å². The fourth-order valence-electron chi connectivity index (χ4n) is 1.24. The predicted molar refractivity (Wildman–Crippen MR) is 61.3 cm³/mol. The van der Waals surface area contributed by atoms with Gasteiger partial charge in [0.1, 0.15) is 5.54 Å². The highest BCUT2D eigenvalue weighted by Crippen LogP contribution is 2.23. The Kier molecular flexibility index (Phi) is 4.41. The van der Waals surface area contributed by atoms with Crippen molar-refractivity contribution in [3.63, 3.8) is 0 Å². The molecule has 18 heavy (non-hydrogen) atoms. The lowest BCUT2D eigenvalue weighted by Gasteiger charge is -2.27. The molecule has 1 aromatic rings. The first-order chi connectivity index (χ1) is 8.17. The summed E-state index contributed by atoms with van der Waals surface area (Å²) in [6.45, 7) is 0.857. The van der Waals surface area contributed by atoms with Crippen molar-refractivity contribution in [3.05, 3.63) is 16.8 Å². The van der Waals surface area contributed by atoms with Crippen LogP contribution in [0, 0.1) is 0 Å². The number of carboxylic acids is 1. The van der Waals surface area contributed by atoms with Crippen molar-refractivity contribution in [1.29, 1.82) is 0 Å². The fourth-order valence-corrected chi connectivity index (χ4v) is 3.66. The van der Waals surface area contributed by atoms with Gasteiger partial charge in [-0.15, -0.1) is 0 Å². The van der Waals surface area contributed by atoms with E-state index in [0.717, 1.165) is 18.3 Å². The monoisotopic (exact) mass is 299 g/mol. The Balaban J connectivity index is 3.02. The third-order valence-electron chi connectivity index (χ3n) is 2.17. The molecular formula is C9H11F2NO4S2. The summed E-state index contributed by atoms with van der Waals surface area (Å²) in [6, 6.07) is 1.25. The topological polar surface area (TPSA) is 83.5 Å². The van der Waals surface area contributed by atoms with Gasteiger partial charge in [-0.1, -0.05) is 0 Å². The number of carboxylic acid groups (broad SMARTS) is 1. The number of nitrogens with one attached hydrogen (secondary N) is 1. The van der Waals surface area contributed by atoms with Crippen LogP contribution in [0.5, 0.6) is 0 Å². The van der Waals surface area contributed by atoms with E-state index in [-0.39, 0.29) is 4.90 Å². The molecule has 0 amide bonds. The second kappa shape index (κ2) is 5.29. The molecule has 1 aromatic heterocycles. The number of halogens is 2. The third-order valence-corrected chi connectivity index (χ3v) is 4.61. The number of rotatable bonds is 6. The second-order valence-corrected chi connectivity index (χ2v) is 6.32. The third kappa shape index (κ3) is 3.47. The van der Waals surface area contributed by atoms with Gasteiger partial charge in [-0.3, -0.25) is 4.79 Å². The van der Waals surface area contributed by atoms with Crippen LogP contribution in [0.3, 0.4) is 0 Å². The molecule has 1 unspecified atom stereocenters. The first-order valence-corrected chi connectivity index (χ1v) is 7.16. The van der Waals surface area contributed by atoms with E-state index in [4.69, 9.17) is 5.11 Å². The molecule has 9 heteroatoms. The Bertz CT molecular complexity index is 515. The lowest BCUT2D eigenvalue weighted by Crippen LogP contribution is -2.52. The molecule has 2 N–H and O–H groups in total. The van der Waals surface area contributed by atoms with E-state index in [1.807, 2.05) is 0 Å². The van der Waals surface area contributed by atoms with E-state index in [1.54, 1.807) is 4.72 Å². The van der Waals surface area contributed by atoms with Gasteiger partial charge < -0.3 is 5.11 Å². The molecular weight excluding hydrogens is 288 g/mol. The standard InChI is InChI=1S/C9H11F2NO4S2/c1-9(8(10)11,4-7(13)14)12-18(15,16)6-2-3-17-5-6/h2-3,5,8,12H,4H2,1H3,(H,13,14). The molecule has 0 bridgehead atoms. The molecule has 5 nitrogen and oxygen atoms in total. The van der Waals surface area contributed by atoms with Crippen LogP contribution in [0.2, 0.25) is 0 Å². The number of hydrogen-bond donors (Lipinski definition) is 2. The number of carbonyl (C=O) groups is 1. The van der Waals surface area contributed by atoms with Crippen molar-refractivity contribution in [2.24, 2.45) is 0 Å². The minimum absolute atomic E-state index is 0.162. The molecule has 0 aromatic carbocycles. The zero-order valence-corrected chi connectivity index (χ0v) is 10.9. The maximum Gasteiger partial charge on any atom is 0.305 e. The highest BCUT2D eigenvalue weighted by Gasteiger charge is 2.41. The Labute approximate surface area is 106 Å². The fraction of sp³-hybridized carbons (Fsp3) is 0.444. The molecule has 1 heterocycles. The van der Waals surface area contributed by atoms with E-state index in [1.165, 1.54) is 16.8 Å². The molecule has 0 aliphatic carbocycles. The molecule has 102 valence electrons. The average molecular weight is 299 g/mol. The van der Waals surface area contributed by atoms with E-state index < -0.39 is 34.4 Å². The quantitative estimate of drug-likeness (QED) is 0.834. The first kappa shape index (κ1) is 15.0. The summed E-state index contributed by atoms with van der Waals surface area (Å²) in [4.78, 5) is 10.4. The minimum Gasteiger partial charge on any atom is -0.481 e. The lowest BCUT2D eigenvalue weighted by atomic mass is 10.0. The highest BCUT2D eigenvalue weighted by atomic mass is 32.2. The number of sulfonamides is 1. The molecule has 0 saturated carbocycles. The van der Waals surface area contributed by atoms with Crippen LogP contribution < -0.4 is 4.72 Å². The van der Waals surface area contributed by atoms with Gasteiger partial charge in [0.2, 0.25) is 10.0 Å². The number of thiophene rings is 1. The smallest absolute Gasteiger partial charge is 0.305 e. The van der Waals surface area contributed by atoms with Crippen LogP contribution in [0.4, 0.5) is 8.78 Å². The first-order valence-electron chi connectivity index (χ1n) is 4.73. The zero-order chi connectivity index (χ0) is 14.0. The van der Waals surface area contributed by atoms with Crippen LogP contribution in [-0.2, 0) is 14.8 Å². The van der Waals surface area contributed by atoms with Crippen LogP contribution in [-0.4, -0.2) is 31.5 Å². The summed E-state index contributed by atoms with van der Waals surface area (Å²) in [7, 11) is -4.15. The number of alkyl halides is 2. The maximum absolute atomic E-state index is 12.8. The van der Waals surface area contributed by atoms with Crippen LogP contribution in [0.25, 0.3) is 0 Å². The summed E-state index contributed by atoms with van der Waals surface area (Å²) in [5.74, 6) is -1.51. The van der Waals surface area contributed by atoms with Gasteiger partial charge in [-0.2, -0.15) is 16.1 Å². The summed E-state index contributed by atoms with van der Waals surface area (Å²) in [5, 5.41) is 11.3. The Morgan fingerprint density at radius 1 is 1.61 bits per heavy atom. The van der Waals surface area contributed by atoms with Crippen molar-refractivity contribution in [3.8, 4) is 0 Å². The number of hydrogen-bond acceptors (Lipinski definition) is 4. The average Bonchev–Trinajstić information content (AvgIpc) is 2.67. The summed E-state index contributed by atoms with van der Waals surface area (Å²) >= 11 is 1.09. The molecule has 0 aliphatic heterocycles. The SMILES string of the molecule is CC(CC(=O)O)(NS(=O)(=O)c1ccsc1)C(F)F. The molecule has 0 radical (unpaired) electrons. The van der Waals surface area contributed by atoms with E-state index in [2.05, 4.69) is 0 Å². The summed E-state index contributed by atoms with van der Waals surface area (Å²) in [5.41, 5.74) is -2.34. The second-order valence-electron chi connectivity index (χ2n) is 3.85. The van der Waals surface area contributed by atoms with Crippen molar-refractivity contribution in [2.75, 3.05) is 0 Å². The van der Waals surface area contributed by atoms with E-state index >= 15 is 0 Å². The largest absolute Gasteiger partial charge is 0.481 e. The van der Waals surface area contributed by atoms with Gasteiger partial charge in [0.15, 0.2) is 0 Å². The molecule has 1 rings (SSSR count). The van der Waals surface area contributed by atoms with E-state index in [0.29, 0.717) is 0 Å². The van der Waals surface area contributed by atoms with Gasteiger partial charge in [-0.25, -0.2) is 17.2 Å². The number of aliphatic carboxylic acids is 1. The molecule has 1 atom stereocenters. The Morgan fingerprint density at radius 2 is 2.22 bits per heavy atom. The summed E-state index contributed by atoms with van der Waals surface area (Å²) in [6.07, 6.45) is -4.14. The zero-order valence-electron chi connectivity index (χ0n) is 9.26. The predicted octanol–water partition coefficient (Wildman–Crippen LogP) is 1.52. The molecule has 0 aliphatic rings. The van der Waals surface area contributed by atoms with Crippen molar-refractivity contribution >= 4 is 27.3 Å². The normalized spacial score (nSPS) is 15.6. The van der Waals surface area contributed by atoms with Gasteiger partial charge >= 0.3 is 5.97 Å². The van der Waals surface area contributed by atoms with Crippen LogP contribution in [0.1, 0.15) is 13.3 Å². The molecule has 0 fully saturated rings. The summed E-state index contributed by atoms with van der Waals surface area (Å²) < 4.78 is 50.9. The van der Waals surface area contributed by atoms with Gasteiger partial charge in [0, 0.05) is 5.38 Å². The highest BCUT2D eigenvalue weighted by molar-refractivity contribution is 7.89. The van der Waals surface area contributed by atoms with E-state index in [9.17, 15) is 22.0 Å². The lowest BCUT2D eigenvalue weighted by molar-refractivity contribution is -0.140. The Morgan fingerprint density at radius 3 is 2.61 bits per heavy atom. The maximum atomic E-state index is 12.8. The van der Waals surface area contributed by atoms with Gasteiger partial charge in [0.05, 0.1) is 11.3 Å². The van der Waals surface area contributed by atoms with Crippen LogP contribution in [0.15, 0.2) is 21.7 Å². The van der Waals surface area contributed by atoms with Crippen molar-refractivity contribution in [1.82, 2.24) is 4.72 Å². The van der Waals surface area contributed by atoms with Crippen molar-refractivity contribution in [2.45, 2.75) is 30.2 Å². The van der Waals surface area contributed by atoms with Gasteiger partial charge in [0.25, 0.3) is 6.43 Å². The molecule has 0 saturated heterocycles. The minimum atomic E-state index is -4.15. The molecule has 0 spiro atoms. The Hall–Kier alpha value is -1.06.